The number of hydrogen-bond acceptors (Lipinski definition) is 6. The zero-order valence-electron chi connectivity index (χ0n) is 15.8. The first-order chi connectivity index (χ1) is 14.3. The maximum Gasteiger partial charge on any atom is 0.252 e. The lowest BCUT2D eigenvalue weighted by Gasteiger charge is -2.29. The molecule has 7 heteroatoms. The highest BCUT2D eigenvalue weighted by Crippen LogP contribution is 2.36. The summed E-state index contributed by atoms with van der Waals surface area (Å²) in [6.07, 6.45) is 1.97. The number of aryl methyl sites for hydroxylation is 1. The maximum atomic E-state index is 12.6. The predicted octanol–water partition coefficient (Wildman–Crippen LogP) is 3.57. The second-order valence-electron chi connectivity index (χ2n) is 7.02. The van der Waals surface area contributed by atoms with Crippen molar-refractivity contribution in [3.8, 4) is 22.8 Å². The largest absolute Gasteiger partial charge is 0.454 e. The van der Waals surface area contributed by atoms with Crippen LogP contribution in [0.2, 0.25) is 0 Å². The number of fused-ring (bicyclic) bond motifs is 2. The molecule has 148 valence electrons. The Bertz CT molecular complexity index is 1050. The van der Waals surface area contributed by atoms with Gasteiger partial charge in [0, 0.05) is 23.9 Å². The summed E-state index contributed by atoms with van der Waals surface area (Å²) in [6.45, 7) is 1.15. The van der Waals surface area contributed by atoms with Crippen molar-refractivity contribution in [2.45, 2.75) is 19.4 Å². The van der Waals surface area contributed by atoms with Gasteiger partial charge in [0.1, 0.15) is 12.3 Å². The van der Waals surface area contributed by atoms with Crippen molar-refractivity contribution in [1.82, 2.24) is 5.16 Å². The SMILES string of the molecule is O=C(COCc1cc(-c2ccc3c(c2)OCO3)on1)N1CCCc2ccccc21. The molecule has 0 aliphatic carbocycles. The van der Waals surface area contributed by atoms with Crippen LogP contribution in [0.3, 0.4) is 0 Å². The van der Waals surface area contributed by atoms with Gasteiger partial charge in [-0.1, -0.05) is 23.4 Å². The van der Waals surface area contributed by atoms with Crippen LogP contribution in [-0.4, -0.2) is 31.0 Å². The number of rotatable bonds is 5. The third kappa shape index (κ3) is 3.56. The molecule has 1 aromatic heterocycles. The smallest absolute Gasteiger partial charge is 0.252 e. The first kappa shape index (κ1) is 17.8. The molecule has 3 aromatic rings. The molecular formula is C22H20N2O5. The third-order valence-electron chi connectivity index (χ3n) is 5.10. The van der Waals surface area contributed by atoms with E-state index in [4.69, 9.17) is 18.7 Å². The summed E-state index contributed by atoms with van der Waals surface area (Å²) in [6, 6.07) is 15.4. The van der Waals surface area contributed by atoms with Crippen molar-refractivity contribution in [1.29, 1.82) is 0 Å². The summed E-state index contributed by atoms with van der Waals surface area (Å²) in [5.74, 6) is 1.97. The summed E-state index contributed by atoms with van der Waals surface area (Å²) in [5, 5.41) is 4.03. The molecule has 7 nitrogen and oxygen atoms in total. The number of nitrogens with zero attached hydrogens (tertiary/aromatic N) is 2. The fourth-order valence-corrected chi connectivity index (χ4v) is 3.68. The van der Waals surface area contributed by atoms with Crippen molar-refractivity contribution in [2.75, 3.05) is 24.8 Å². The van der Waals surface area contributed by atoms with E-state index in [1.165, 1.54) is 5.56 Å². The fraction of sp³-hybridized carbons (Fsp3) is 0.273. The van der Waals surface area contributed by atoms with Crippen LogP contribution in [0.1, 0.15) is 17.7 Å². The lowest BCUT2D eigenvalue weighted by atomic mass is 10.0. The van der Waals surface area contributed by atoms with Crippen LogP contribution >= 0.6 is 0 Å². The van der Waals surface area contributed by atoms with Gasteiger partial charge < -0.3 is 23.6 Å². The summed E-state index contributed by atoms with van der Waals surface area (Å²) in [4.78, 5) is 14.4. The van der Waals surface area contributed by atoms with Crippen LogP contribution in [0, 0.1) is 0 Å². The second-order valence-corrected chi connectivity index (χ2v) is 7.02. The number of ether oxygens (including phenoxy) is 3. The van der Waals surface area contributed by atoms with Gasteiger partial charge >= 0.3 is 0 Å². The van der Waals surface area contributed by atoms with Crippen LogP contribution in [-0.2, 0) is 22.6 Å². The van der Waals surface area contributed by atoms with E-state index >= 15 is 0 Å². The van der Waals surface area contributed by atoms with E-state index in [1.54, 1.807) is 11.0 Å². The zero-order chi connectivity index (χ0) is 19.6. The molecule has 2 aliphatic heterocycles. The molecule has 0 radical (unpaired) electrons. The molecule has 0 saturated carbocycles. The average Bonchev–Trinajstić information content (AvgIpc) is 3.42. The first-order valence-electron chi connectivity index (χ1n) is 9.59. The van der Waals surface area contributed by atoms with E-state index in [1.807, 2.05) is 36.4 Å². The van der Waals surface area contributed by atoms with Gasteiger partial charge in [0.15, 0.2) is 17.3 Å². The zero-order valence-corrected chi connectivity index (χ0v) is 15.8. The van der Waals surface area contributed by atoms with Gasteiger partial charge in [-0.25, -0.2) is 0 Å². The van der Waals surface area contributed by atoms with Crippen LogP contribution in [0.15, 0.2) is 53.1 Å². The van der Waals surface area contributed by atoms with Crippen molar-refractivity contribution in [3.05, 3.63) is 59.8 Å². The van der Waals surface area contributed by atoms with E-state index in [0.29, 0.717) is 17.2 Å². The molecule has 29 heavy (non-hydrogen) atoms. The highest BCUT2D eigenvalue weighted by Gasteiger charge is 2.22. The Balaban J connectivity index is 1.19. The average molecular weight is 392 g/mol. The minimum absolute atomic E-state index is 0.000547. The van der Waals surface area contributed by atoms with E-state index < -0.39 is 0 Å². The number of benzene rings is 2. The van der Waals surface area contributed by atoms with Gasteiger partial charge in [-0.2, -0.15) is 0 Å². The molecule has 0 spiro atoms. The minimum Gasteiger partial charge on any atom is -0.454 e. The van der Waals surface area contributed by atoms with Crippen molar-refractivity contribution in [3.63, 3.8) is 0 Å². The van der Waals surface area contributed by atoms with Crippen molar-refractivity contribution >= 4 is 11.6 Å². The van der Waals surface area contributed by atoms with E-state index in [9.17, 15) is 4.79 Å². The molecule has 0 atom stereocenters. The van der Waals surface area contributed by atoms with Gasteiger partial charge in [-0.15, -0.1) is 0 Å². The number of carbonyl (C=O) groups excluding carboxylic acids is 1. The van der Waals surface area contributed by atoms with E-state index in [0.717, 1.165) is 36.4 Å². The molecule has 5 rings (SSSR count). The summed E-state index contributed by atoms with van der Waals surface area (Å²) in [7, 11) is 0. The first-order valence-corrected chi connectivity index (χ1v) is 9.59. The second kappa shape index (κ2) is 7.60. The highest BCUT2D eigenvalue weighted by molar-refractivity contribution is 5.95. The summed E-state index contributed by atoms with van der Waals surface area (Å²) >= 11 is 0. The molecule has 2 aromatic carbocycles. The number of carbonyl (C=O) groups is 1. The minimum atomic E-state index is -0.0448. The van der Waals surface area contributed by atoms with Gasteiger partial charge in [0.25, 0.3) is 5.91 Å². The maximum absolute atomic E-state index is 12.6. The molecule has 0 fully saturated rings. The molecule has 0 N–H and O–H groups in total. The summed E-state index contributed by atoms with van der Waals surface area (Å²) < 4.78 is 21.7. The molecule has 0 saturated heterocycles. The topological polar surface area (TPSA) is 74.0 Å². The molecule has 0 unspecified atom stereocenters. The molecule has 3 heterocycles. The summed E-state index contributed by atoms with van der Waals surface area (Å²) in [5.41, 5.74) is 3.66. The number of hydrogen-bond donors (Lipinski definition) is 0. The quantitative estimate of drug-likeness (QED) is 0.661. The van der Waals surface area contributed by atoms with Crippen LogP contribution in [0.4, 0.5) is 5.69 Å². The fourth-order valence-electron chi connectivity index (χ4n) is 3.68. The van der Waals surface area contributed by atoms with Crippen LogP contribution in [0.25, 0.3) is 11.3 Å². The van der Waals surface area contributed by atoms with Crippen LogP contribution < -0.4 is 14.4 Å². The van der Waals surface area contributed by atoms with Crippen molar-refractivity contribution < 1.29 is 23.5 Å². The molecule has 1 amide bonds. The third-order valence-corrected chi connectivity index (χ3v) is 5.10. The lowest BCUT2D eigenvalue weighted by molar-refractivity contribution is -0.123. The molecular weight excluding hydrogens is 372 g/mol. The van der Waals surface area contributed by atoms with E-state index in [2.05, 4.69) is 11.2 Å². The monoisotopic (exact) mass is 392 g/mol. The van der Waals surface area contributed by atoms with Gasteiger partial charge in [0.2, 0.25) is 6.79 Å². The van der Waals surface area contributed by atoms with Crippen molar-refractivity contribution in [2.24, 2.45) is 0 Å². The Labute approximate surface area is 167 Å². The number of para-hydroxylation sites is 1. The standard InChI is InChI=1S/C22H20N2O5/c25-22(24-9-3-5-15-4-1-2-6-18(15)24)13-26-12-17-11-20(29-23-17)16-7-8-19-21(10-16)28-14-27-19/h1-2,4,6-8,10-11H,3,5,9,12-14H2. The Kier molecular flexibility index (Phi) is 4.65. The highest BCUT2D eigenvalue weighted by atomic mass is 16.7. The Morgan fingerprint density at radius 3 is 2.97 bits per heavy atom. The number of amides is 1. The normalized spacial score (nSPS) is 14.7. The van der Waals surface area contributed by atoms with Gasteiger partial charge in [-0.05, 0) is 42.7 Å². The lowest BCUT2D eigenvalue weighted by Crippen LogP contribution is -2.37. The number of anilines is 1. The van der Waals surface area contributed by atoms with Gasteiger partial charge in [0.05, 0.1) is 6.61 Å². The Morgan fingerprint density at radius 1 is 1.10 bits per heavy atom. The van der Waals surface area contributed by atoms with Gasteiger partial charge in [-0.3, -0.25) is 4.79 Å². The van der Waals surface area contributed by atoms with Crippen LogP contribution in [0.5, 0.6) is 11.5 Å². The Hall–Kier alpha value is -3.32. The predicted molar refractivity (Wildman–Crippen MR) is 105 cm³/mol. The molecule has 2 aliphatic rings. The molecule has 0 bridgehead atoms. The Morgan fingerprint density at radius 2 is 2.00 bits per heavy atom. The number of aromatic nitrogens is 1. The van der Waals surface area contributed by atoms with E-state index in [-0.39, 0.29) is 25.9 Å².